The second-order valence-electron chi connectivity index (χ2n) is 6.34. The number of Topliss-reactive ketones (excluding diaryl/α,β-unsaturated/α-hetero) is 1. The van der Waals surface area contributed by atoms with Crippen LogP contribution in [0.15, 0.2) is 0 Å². The van der Waals surface area contributed by atoms with Crippen molar-refractivity contribution in [2.24, 2.45) is 5.92 Å². The number of fused-ring (bicyclic) bond motifs is 1. The molecular weight excluding hydrogens is 264 g/mol. The Morgan fingerprint density at radius 2 is 2.10 bits per heavy atom. The SMILES string of the molecule is CCCc1c(C)[nH]c2c1C(=O)C(CN1CCOCC1)CC2. The molecule has 1 aliphatic carbocycles. The van der Waals surface area contributed by atoms with Gasteiger partial charge in [0.05, 0.1) is 13.2 Å². The Kier molecular flexibility index (Phi) is 4.45. The van der Waals surface area contributed by atoms with Crippen LogP contribution in [-0.4, -0.2) is 48.5 Å². The summed E-state index contributed by atoms with van der Waals surface area (Å²) in [5, 5.41) is 0. The van der Waals surface area contributed by atoms with Crippen LogP contribution in [0.3, 0.4) is 0 Å². The van der Waals surface area contributed by atoms with E-state index in [2.05, 4.69) is 23.7 Å². The fourth-order valence-electron chi connectivity index (χ4n) is 3.70. The first-order valence-electron chi connectivity index (χ1n) is 8.25. The quantitative estimate of drug-likeness (QED) is 0.926. The van der Waals surface area contributed by atoms with Crippen molar-refractivity contribution in [2.45, 2.75) is 39.5 Å². The molecule has 1 aromatic rings. The molecule has 1 N–H and O–H groups in total. The Bertz CT molecular complexity index is 515. The van der Waals surface area contributed by atoms with E-state index in [-0.39, 0.29) is 5.92 Å². The van der Waals surface area contributed by atoms with Crippen LogP contribution in [0.25, 0.3) is 0 Å². The summed E-state index contributed by atoms with van der Waals surface area (Å²) in [6, 6.07) is 0. The summed E-state index contributed by atoms with van der Waals surface area (Å²) in [5.41, 5.74) is 4.67. The Hall–Kier alpha value is -1.13. The van der Waals surface area contributed by atoms with Crippen molar-refractivity contribution < 1.29 is 9.53 Å². The van der Waals surface area contributed by atoms with Gasteiger partial charge in [-0.3, -0.25) is 9.69 Å². The van der Waals surface area contributed by atoms with Crippen LogP contribution >= 0.6 is 0 Å². The fourth-order valence-corrected chi connectivity index (χ4v) is 3.70. The number of aromatic amines is 1. The van der Waals surface area contributed by atoms with E-state index < -0.39 is 0 Å². The van der Waals surface area contributed by atoms with Gasteiger partial charge in [-0.2, -0.15) is 0 Å². The van der Waals surface area contributed by atoms with Gasteiger partial charge < -0.3 is 9.72 Å². The summed E-state index contributed by atoms with van der Waals surface area (Å²) in [5.74, 6) is 0.539. The van der Waals surface area contributed by atoms with Gasteiger partial charge in [-0.05, 0) is 31.7 Å². The molecule has 1 unspecified atom stereocenters. The summed E-state index contributed by atoms with van der Waals surface area (Å²) in [4.78, 5) is 18.8. The molecule has 0 radical (unpaired) electrons. The van der Waals surface area contributed by atoms with Gasteiger partial charge >= 0.3 is 0 Å². The Labute approximate surface area is 126 Å². The molecule has 1 aliphatic heterocycles. The largest absolute Gasteiger partial charge is 0.379 e. The van der Waals surface area contributed by atoms with Crippen molar-refractivity contribution in [1.29, 1.82) is 0 Å². The van der Waals surface area contributed by atoms with E-state index in [0.29, 0.717) is 5.78 Å². The lowest BCUT2D eigenvalue weighted by Gasteiger charge is -2.31. The van der Waals surface area contributed by atoms with E-state index in [1.165, 1.54) is 17.0 Å². The predicted molar refractivity (Wildman–Crippen MR) is 82.9 cm³/mol. The van der Waals surface area contributed by atoms with E-state index in [1.807, 2.05) is 0 Å². The van der Waals surface area contributed by atoms with E-state index >= 15 is 0 Å². The first-order valence-corrected chi connectivity index (χ1v) is 8.25. The van der Waals surface area contributed by atoms with E-state index in [9.17, 15) is 4.79 Å². The van der Waals surface area contributed by atoms with Crippen LogP contribution in [0.5, 0.6) is 0 Å². The van der Waals surface area contributed by atoms with Gasteiger partial charge in [-0.15, -0.1) is 0 Å². The van der Waals surface area contributed by atoms with Gasteiger partial charge in [0.2, 0.25) is 0 Å². The average Bonchev–Trinajstić information content (AvgIpc) is 2.81. The molecule has 1 aromatic heterocycles. The summed E-state index contributed by atoms with van der Waals surface area (Å²) in [6.07, 6.45) is 4.09. The first kappa shape index (κ1) is 14.8. The third-order valence-corrected chi connectivity index (χ3v) is 4.84. The Morgan fingerprint density at radius 3 is 2.81 bits per heavy atom. The molecule has 0 aromatic carbocycles. The normalized spacial score (nSPS) is 23.3. The molecule has 0 spiro atoms. The zero-order chi connectivity index (χ0) is 14.8. The number of aromatic nitrogens is 1. The van der Waals surface area contributed by atoms with E-state index in [1.54, 1.807) is 0 Å². The highest BCUT2D eigenvalue weighted by Gasteiger charge is 2.32. The standard InChI is InChI=1S/C17H26N2O2/c1-3-4-14-12(2)18-15-6-5-13(17(20)16(14)15)11-19-7-9-21-10-8-19/h13,18H,3-11H2,1-2H3. The second-order valence-corrected chi connectivity index (χ2v) is 6.34. The highest BCUT2D eigenvalue weighted by molar-refractivity contribution is 6.01. The minimum absolute atomic E-state index is 0.168. The molecule has 0 saturated carbocycles. The molecule has 2 aliphatic rings. The average molecular weight is 290 g/mol. The van der Waals surface area contributed by atoms with E-state index in [4.69, 9.17) is 4.74 Å². The van der Waals surface area contributed by atoms with Crippen LogP contribution in [0.4, 0.5) is 0 Å². The van der Waals surface area contributed by atoms with Gasteiger partial charge in [0.15, 0.2) is 5.78 Å². The number of ketones is 1. The van der Waals surface area contributed by atoms with Gasteiger partial charge in [0, 0.05) is 42.5 Å². The third-order valence-electron chi connectivity index (χ3n) is 4.84. The maximum Gasteiger partial charge on any atom is 0.169 e. The fraction of sp³-hybridized carbons (Fsp3) is 0.706. The van der Waals surface area contributed by atoms with E-state index in [0.717, 1.165) is 64.1 Å². The molecule has 4 nitrogen and oxygen atoms in total. The van der Waals surface area contributed by atoms with Crippen LogP contribution in [-0.2, 0) is 17.6 Å². The number of nitrogens with one attached hydrogen (secondary N) is 1. The number of carbonyl (C=O) groups is 1. The highest BCUT2D eigenvalue weighted by atomic mass is 16.5. The van der Waals surface area contributed by atoms with Crippen molar-refractivity contribution in [1.82, 2.24) is 9.88 Å². The molecule has 3 rings (SSSR count). The summed E-state index contributed by atoms with van der Waals surface area (Å²) >= 11 is 0. The van der Waals surface area contributed by atoms with Crippen molar-refractivity contribution >= 4 is 5.78 Å². The molecule has 0 amide bonds. The third kappa shape index (κ3) is 2.92. The maximum atomic E-state index is 12.9. The van der Waals surface area contributed by atoms with Gasteiger partial charge in [-0.25, -0.2) is 0 Å². The minimum atomic E-state index is 0.168. The zero-order valence-electron chi connectivity index (χ0n) is 13.2. The lowest BCUT2D eigenvalue weighted by molar-refractivity contribution is 0.0291. The van der Waals surface area contributed by atoms with Crippen LogP contribution < -0.4 is 0 Å². The number of morpholine rings is 1. The Balaban J connectivity index is 1.77. The molecule has 1 fully saturated rings. The predicted octanol–water partition coefficient (Wildman–Crippen LogP) is 2.35. The number of aryl methyl sites for hydroxylation is 2. The lowest BCUT2D eigenvalue weighted by Crippen LogP contribution is -2.42. The number of H-pyrrole nitrogens is 1. The molecule has 4 heteroatoms. The number of rotatable bonds is 4. The van der Waals surface area contributed by atoms with Gasteiger partial charge in [0.1, 0.15) is 0 Å². The van der Waals surface area contributed by atoms with Crippen molar-refractivity contribution in [3.05, 3.63) is 22.5 Å². The molecule has 2 heterocycles. The molecule has 1 atom stereocenters. The molecule has 1 saturated heterocycles. The van der Waals surface area contributed by atoms with Gasteiger partial charge in [-0.1, -0.05) is 13.3 Å². The number of nitrogens with zero attached hydrogens (tertiary/aromatic N) is 1. The summed E-state index contributed by atoms with van der Waals surface area (Å²) < 4.78 is 5.39. The van der Waals surface area contributed by atoms with Gasteiger partial charge in [0.25, 0.3) is 0 Å². The second kappa shape index (κ2) is 6.32. The smallest absolute Gasteiger partial charge is 0.169 e. The molecule has 21 heavy (non-hydrogen) atoms. The summed E-state index contributed by atoms with van der Waals surface area (Å²) in [6.45, 7) is 8.71. The van der Waals surface area contributed by atoms with Crippen LogP contribution in [0.2, 0.25) is 0 Å². The minimum Gasteiger partial charge on any atom is -0.379 e. The maximum absolute atomic E-state index is 12.9. The van der Waals surface area contributed by atoms with Crippen LogP contribution in [0.1, 0.15) is 47.1 Å². The molecule has 116 valence electrons. The number of ether oxygens (including phenoxy) is 1. The number of carbonyl (C=O) groups excluding carboxylic acids is 1. The van der Waals surface area contributed by atoms with Crippen molar-refractivity contribution in [2.75, 3.05) is 32.8 Å². The number of hydrogen-bond donors (Lipinski definition) is 1. The van der Waals surface area contributed by atoms with Crippen LogP contribution in [0, 0.1) is 12.8 Å². The Morgan fingerprint density at radius 1 is 1.33 bits per heavy atom. The molecule has 0 bridgehead atoms. The monoisotopic (exact) mass is 290 g/mol. The number of hydrogen-bond acceptors (Lipinski definition) is 3. The zero-order valence-corrected chi connectivity index (χ0v) is 13.2. The first-order chi connectivity index (χ1) is 10.2. The molecular formula is C17H26N2O2. The van der Waals surface area contributed by atoms with Crippen molar-refractivity contribution in [3.63, 3.8) is 0 Å². The lowest BCUT2D eigenvalue weighted by atomic mass is 9.83. The van der Waals surface area contributed by atoms with Crippen molar-refractivity contribution in [3.8, 4) is 0 Å². The highest BCUT2D eigenvalue weighted by Crippen LogP contribution is 2.31. The summed E-state index contributed by atoms with van der Waals surface area (Å²) in [7, 11) is 0. The topological polar surface area (TPSA) is 45.3 Å².